The van der Waals surface area contributed by atoms with Crippen molar-refractivity contribution in [3.63, 3.8) is 0 Å². The van der Waals surface area contributed by atoms with Crippen LogP contribution in [0.5, 0.6) is 11.5 Å². The Morgan fingerprint density at radius 1 is 0.571 bits per heavy atom. The number of hydrogen-bond acceptors (Lipinski definition) is 5. The number of benzene rings is 9. The first-order valence-electron chi connectivity index (χ1n) is 27.5. The number of thiophene rings is 1. The summed E-state index contributed by atoms with van der Waals surface area (Å²) in [7, 11) is 0. The molecule has 4 heterocycles. The zero-order valence-electron chi connectivity index (χ0n) is 46.6. The molecule has 0 spiro atoms. The van der Waals surface area contributed by atoms with Gasteiger partial charge in [-0.25, -0.2) is 13.8 Å². The Morgan fingerprint density at radius 2 is 1.19 bits per heavy atom. The van der Waals surface area contributed by atoms with E-state index in [0.717, 1.165) is 76.8 Å². The Morgan fingerprint density at radius 3 is 1.88 bits per heavy atom. The number of rotatable bonds is 9. The zero-order chi connectivity index (χ0) is 55.4. The number of anilines is 4. The molecule has 0 amide bonds. The molecule has 8 heteroatoms. The van der Waals surface area contributed by atoms with Gasteiger partial charge in [0.05, 0.1) is 34.2 Å². The van der Waals surface area contributed by atoms with Gasteiger partial charge in [-0.05, 0) is 124 Å². The van der Waals surface area contributed by atoms with Gasteiger partial charge in [0.25, 0.3) is 0 Å². The maximum absolute atomic E-state index is 15.6. The molecule has 0 saturated carbocycles. The van der Waals surface area contributed by atoms with Crippen LogP contribution in [-0.2, 0) is 11.8 Å². The van der Waals surface area contributed by atoms with Crippen molar-refractivity contribution >= 4 is 76.1 Å². The molecule has 1 aliphatic heterocycles. The molecular weight excluding hydrogens is 971 g/mol. The predicted octanol–water partition coefficient (Wildman–Crippen LogP) is 19.8. The third-order valence-electron chi connectivity index (χ3n) is 14.5. The lowest BCUT2D eigenvalue weighted by atomic mass is 9.82. The van der Waals surface area contributed by atoms with Gasteiger partial charge in [0.2, 0.25) is 0 Å². The van der Waals surface area contributed by atoms with Crippen LogP contribution in [-0.4, -0.2) is 16.2 Å². The normalized spacial score (nSPS) is 13.6. The van der Waals surface area contributed by atoms with E-state index in [1.807, 2.05) is 73.9 Å². The summed E-state index contributed by atoms with van der Waals surface area (Å²) < 4.78 is 69.1. The maximum Gasteiger partial charge on any atom is 0.141 e. The zero-order valence-corrected chi connectivity index (χ0v) is 44.4. The summed E-state index contributed by atoms with van der Waals surface area (Å²) in [5.41, 5.74) is 11.5. The average molecular weight is 1030 g/mol. The van der Waals surface area contributed by atoms with Crippen LogP contribution < -0.4 is 14.5 Å². The van der Waals surface area contributed by atoms with Crippen LogP contribution in [0.1, 0.15) is 56.8 Å². The highest BCUT2D eigenvalue weighted by Gasteiger charge is 2.33. The van der Waals surface area contributed by atoms with Crippen molar-refractivity contribution in [2.45, 2.75) is 53.3 Å². The summed E-state index contributed by atoms with van der Waals surface area (Å²) in [4.78, 5) is 9.72. The molecule has 77 heavy (non-hydrogen) atoms. The van der Waals surface area contributed by atoms with Gasteiger partial charge in [0.15, 0.2) is 0 Å². The van der Waals surface area contributed by atoms with Crippen LogP contribution in [0.25, 0.3) is 81.2 Å². The fourth-order valence-electron chi connectivity index (χ4n) is 11.0. The van der Waals surface area contributed by atoms with Crippen LogP contribution in [0.15, 0.2) is 206 Å². The Balaban J connectivity index is 0.948. The smallest absolute Gasteiger partial charge is 0.141 e. The summed E-state index contributed by atoms with van der Waals surface area (Å²) in [6, 6.07) is 65.3. The average Bonchev–Trinajstić information content (AvgIpc) is 3.51. The molecule has 0 saturated heterocycles. The van der Waals surface area contributed by atoms with Crippen molar-refractivity contribution in [2.24, 2.45) is 5.41 Å². The van der Waals surface area contributed by atoms with E-state index in [2.05, 4.69) is 140 Å². The second kappa shape index (κ2) is 18.6. The number of hydrogen-bond donors (Lipinski definition) is 0. The van der Waals surface area contributed by atoms with Crippen LogP contribution in [0.2, 0.25) is 0 Å². The number of fused-ring (bicyclic) bond motifs is 8. The summed E-state index contributed by atoms with van der Waals surface area (Å²) in [5, 5.41) is 3.46. The minimum absolute atomic E-state index is 0.109. The van der Waals surface area contributed by atoms with E-state index in [1.165, 1.54) is 35.1 Å². The summed E-state index contributed by atoms with van der Waals surface area (Å²) in [5.74, 6) is 0.750. The van der Waals surface area contributed by atoms with E-state index in [9.17, 15) is 8.50 Å². The van der Waals surface area contributed by atoms with Gasteiger partial charge in [0.1, 0.15) is 35.6 Å². The first kappa shape index (κ1) is 44.7. The van der Waals surface area contributed by atoms with E-state index >= 15 is 4.39 Å². The molecule has 0 fully saturated rings. The number of pyridine rings is 1. The maximum atomic E-state index is 15.6. The molecule has 3 aromatic heterocycles. The van der Waals surface area contributed by atoms with Crippen LogP contribution in [0.4, 0.5) is 31.5 Å². The van der Waals surface area contributed by atoms with Crippen molar-refractivity contribution in [1.82, 2.24) is 9.55 Å². The number of para-hydroxylation sites is 2. The topological polar surface area (TPSA) is 33.5 Å². The van der Waals surface area contributed by atoms with Crippen molar-refractivity contribution in [3.05, 3.63) is 229 Å². The van der Waals surface area contributed by atoms with E-state index in [0.29, 0.717) is 39.8 Å². The van der Waals surface area contributed by atoms with Gasteiger partial charge in [-0.15, -0.1) is 11.3 Å². The third kappa shape index (κ3) is 8.67. The molecule has 9 aromatic carbocycles. The highest BCUT2D eigenvalue weighted by atomic mass is 32.1. The van der Waals surface area contributed by atoms with Crippen molar-refractivity contribution in [3.8, 4) is 50.7 Å². The SMILES string of the molecule is [2H]c1nc(-n2c3cc(Oc4cccc(N5CN(c6c(-c7ccccc7)cc(C(C)(C)C)cc6-c6ccccc6)c6ccccc65)c4)ccc3c3c4sc5c(F)cccc5c4ccc32)cc(C([2H])([2H])C(C)(C)C)c1-c1ccc(F)cc1. The van der Waals surface area contributed by atoms with E-state index in [4.69, 9.17) is 9.72 Å². The predicted molar refractivity (Wildman–Crippen MR) is 318 cm³/mol. The van der Waals surface area contributed by atoms with Gasteiger partial charge in [-0.1, -0.05) is 151 Å². The van der Waals surface area contributed by atoms with Crippen molar-refractivity contribution in [2.75, 3.05) is 16.5 Å². The summed E-state index contributed by atoms with van der Waals surface area (Å²) in [6.45, 7) is 12.8. The molecule has 0 N–H and O–H groups in total. The molecule has 0 aliphatic carbocycles. The first-order chi connectivity index (χ1) is 38.4. The number of nitrogens with zero attached hydrogens (tertiary/aromatic N) is 4. The summed E-state index contributed by atoms with van der Waals surface area (Å²) >= 11 is 1.39. The Hall–Kier alpha value is -8.59. The van der Waals surface area contributed by atoms with E-state index in [1.54, 1.807) is 24.3 Å². The molecule has 13 rings (SSSR count). The quantitative estimate of drug-likeness (QED) is 0.144. The molecule has 1 aliphatic rings. The third-order valence-corrected chi connectivity index (χ3v) is 15.8. The number of aromatic nitrogens is 2. The van der Waals surface area contributed by atoms with Gasteiger partial charge < -0.3 is 14.5 Å². The first-order valence-corrected chi connectivity index (χ1v) is 26.8. The Bertz CT molecular complexity index is 4350. The lowest BCUT2D eigenvalue weighted by Crippen LogP contribution is -2.25. The molecule has 12 aromatic rings. The molecule has 0 unspecified atom stereocenters. The molecule has 0 atom stereocenters. The van der Waals surface area contributed by atoms with Gasteiger partial charge in [0, 0.05) is 69.7 Å². The Kier molecular flexibility index (Phi) is 10.8. The fourth-order valence-corrected chi connectivity index (χ4v) is 12.2. The monoisotopic (exact) mass is 1030 g/mol. The van der Waals surface area contributed by atoms with E-state index in [-0.39, 0.29) is 28.5 Å². The van der Waals surface area contributed by atoms with Crippen molar-refractivity contribution in [1.29, 1.82) is 0 Å². The standard InChI is InChI=1S/C69H56F2N4OS/c1-68(2,3)40-46-35-63(72-41-57(46)45-27-29-48(70)30-28-45)75-61-34-33-53-52-23-16-24-58(71)66(52)77-67(53)64(61)54-32-31-51(39-62(54)75)76-50-22-15-21-49(38-50)73-42-74(60-26-14-13-25-59(60)73)65-55(43-17-9-7-10-18-43)36-47(69(4,5)6)37-56(65)44-19-11-8-12-20-44/h7-39,41H,40,42H2,1-6H3/i40D2,41D. The number of ether oxygens (including phenoxy) is 1. The van der Waals surface area contributed by atoms with Gasteiger partial charge >= 0.3 is 0 Å². The lowest BCUT2D eigenvalue weighted by molar-refractivity contribution is 0.411. The van der Waals surface area contributed by atoms with Crippen LogP contribution in [0.3, 0.4) is 0 Å². The highest BCUT2D eigenvalue weighted by Crippen LogP contribution is 2.52. The highest BCUT2D eigenvalue weighted by molar-refractivity contribution is 7.26. The van der Waals surface area contributed by atoms with Crippen LogP contribution >= 0.6 is 11.3 Å². The summed E-state index contributed by atoms with van der Waals surface area (Å²) in [6.07, 6.45) is -2.13. The lowest BCUT2D eigenvalue weighted by Gasteiger charge is -2.30. The van der Waals surface area contributed by atoms with E-state index < -0.39 is 17.6 Å². The van der Waals surface area contributed by atoms with Gasteiger partial charge in [-0.2, -0.15) is 0 Å². The molecular formula is C69H56F2N4OS. The largest absolute Gasteiger partial charge is 0.457 e. The Labute approximate surface area is 456 Å². The minimum Gasteiger partial charge on any atom is -0.457 e. The molecule has 5 nitrogen and oxygen atoms in total. The molecule has 0 bridgehead atoms. The van der Waals surface area contributed by atoms with Crippen molar-refractivity contribution < 1.29 is 17.6 Å². The molecule has 378 valence electrons. The minimum atomic E-state index is -1.98. The molecule has 0 radical (unpaired) electrons. The van der Waals surface area contributed by atoms with Crippen LogP contribution in [0, 0.1) is 17.0 Å². The van der Waals surface area contributed by atoms with Gasteiger partial charge in [-0.3, -0.25) is 4.57 Å². The fraction of sp³-hybridized carbons (Fsp3) is 0.145. The number of halogens is 2. The second-order valence-corrected chi connectivity index (χ2v) is 23.0. The second-order valence-electron chi connectivity index (χ2n) is 22.0.